The molecule has 3 rings (SSSR count). The summed E-state index contributed by atoms with van der Waals surface area (Å²) in [5.41, 5.74) is 6.29. The van der Waals surface area contributed by atoms with Crippen LogP contribution in [0.4, 0.5) is 4.79 Å². The largest absolute Gasteiger partial charge is 0.493 e. The summed E-state index contributed by atoms with van der Waals surface area (Å²) < 4.78 is 11.0. The van der Waals surface area contributed by atoms with E-state index in [9.17, 15) is 9.59 Å². The van der Waals surface area contributed by atoms with Crippen LogP contribution < -0.4 is 20.5 Å². The Morgan fingerprint density at radius 2 is 2.00 bits per heavy atom. The van der Waals surface area contributed by atoms with E-state index in [1.807, 2.05) is 17.0 Å². The Labute approximate surface area is 165 Å². The molecule has 8 nitrogen and oxygen atoms in total. The molecule has 1 spiro atoms. The molecule has 3 N–H and O–H groups in total. The van der Waals surface area contributed by atoms with Crippen LogP contribution in [-0.4, -0.2) is 68.7 Å². The van der Waals surface area contributed by atoms with Gasteiger partial charge in [0, 0.05) is 37.2 Å². The standard InChI is InChI=1S/C20H30N4O4/c1-27-16-6-3-5-15(18(16)28-2)12-23-9-4-7-20(13-23)8-10-24(14-20)17(25)11-22-19(21)26/h3,5-6H,4,7-14H2,1-2H3,(H3,21,22,26). The van der Waals surface area contributed by atoms with Gasteiger partial charge in [0.25, 0.3) is 0 Å². The van der Waals surface area contributed by atoms with Crippen molar-refractivity contribution >= 4 is 11.9 Å². The van der Waals surface area contributed by atoms with E-state index >= 15 is 0 Å². The third kappa shape index (κ3) is 4.49. The summed E-state index contributed by atoms with van der Waals surface area (Å²) in [6.07, 6.45) is 3.21. The molecule has 0 saturated carbocycles. The average molecular weight is 390 g/mol. The zero-order valence-corrected chi connectivity index (χ0v) is 16.7. The van der Waals surface area contributed by atoms with Crippen LogP contribution >= 0.6 is 0 Å². The van der Waals surface area contributed by atoms with Crippen LogP contribution in [0.3, 0.4) is 0 Å². The minimum absolute atomic E-state index is 0.0316. The van der Waals surface area contributed by atoms with Gasteiger partial charge in [-0.15, -0.1) is 0 Å². The number of hydrogen-bond donors (Lipinski definition) is 2. The number of urea groups is 1. The maximum absolute atomic E-state index is 12.3. The number of methoxy groups -OCH3 is 2. The summed E-state index contributed by atoms with van der Waals surface area (Å²) in [5, 5.41) is 2.39. The van der Waals surface area contributed by atoms with E-state index in [1.165, 1.54) is 0 Å². The number of primary amides is 1. The monoisotopic (exact) mass is 390 g/mol. The fourth-order valence-electron chi connectivity index (χ4n) is 4.52. The number of nitrogens with zero attached hydrogens (tertiary/aromatic N) is 2. The number of ether oxygens (including phenoxy) is 2. The SMILES string of the molecule is COc1cccc(CN2CCCC3(CCN(C(=O)CNC(N)=O)C3)C2)c1OC. The molecule has 1 aromatic carbocycles. The lowest BCUT2D eigenvalue weighted by Crippen LogP contribution is -2.46. The summed E-state index contributed by atoms with van der Waals surface area (Å²) in [5.74, 6) is 1.46. The van der Waals surface area contributed by atoms with Crippen molar-refractivity contribution < 1.29 is 19.1 Å². The van der Waals surface area contributed by atoms with E-state index in [1.54, 1.807) is 14.2 Å². The molecule has 28 heavy (non-hydrogen) atoms. The van der Waals surface area contributed by atoms with Crippen molar-refractivity contribution in [2.45, 2.75) is 25.8 Å². The van der Waals surface area contributed by atoms with E-state index in [2.05, 4.69) is 16.3 Å². The van der Waals surface area contributed by atoms with Gasteiger partial charge in [0.1, 0.15) is 0 Å². The fourth-order valence-corrected chi connectivity index (χ4v) is 4.52. The Morgan fingerprint density at radius 1 is 1.18 bits per heavy atom. The van der Waals surface area contributed by atoms with Gasteiger partial charge in [0.2, 0.25) is 5.91 Å². The first-order valence-corrected chi connectivity index (χ1v) is 9.70. The lowest BCUT2D eigenvalue weighted by molar-refractivity contribution is -0.129. The zero-order valence-electron chi connectivity index (χ0n) is 16.7. The third-order valence-electron chi connectivity index (χ3n) is 5.82. The van der Waals surface area contributed by atoms with Gasteiger partial charge in [-0.05, 0) is 31.9 Å². The highest BCUT2D eigenvalue weighted by molar-refractivity contribution is 5.83. The minimum Gasteiger partial charge on any atom is -0.493 e. The molecule has 154 valence electrons. The van der Waals surface area contributed by atoms with Gasteiger partial charge in [-0.2, -0.15) is 0 Å². The molecule has 0 aromatic heterocycles. The first-order valence-electron chi connectivity index (χ1n) is 9.70. The van der Waals surface area contributed by atoms with E-state index < -0.39 is 6.03 Å². The van der Waals surface area contributed by atoms with E-state index in [4.69, 9.17) is 15.2 Å². The Morgan fingerprint density at radius 3 is 2.71 bits per heavy atom. The Bertz CT molecular complexity index is 726. The predicted octanol–water partition coefficient (Wildman–Crippen LogP) is 1.19. The third-order valence-corrected chi connectivity index (χ3v) is 5.82. The Kier molecular flexibility index (Phi) is 6.28. The van der Waals surface area contributed by atoms with Crippen molar-refractivity contribution in [3.8, 4) is 11.5 Å². The number of piperidine rings is 1. The number of para-hydroxylation sites is 1. The number of amides is 3. The second-order valence-electron chi connectivity index (χ2n) is 7.75. The smallest absolute Gasteiger partial charge is 0.312 e. The van der Waals surface area contributed by atoms with Crippen molar-refractivity contribution in [2.75, 3.05) is 46.9 Å². The van der Waals surface area contributed by atoms with Gasteiger partial charge in [-0.1, -0.05) is 12.1 Å². The number of hydrogen-bond acceptors (Lipinski definition) is 5. The molecule has 1 unspecified atom stereocenters. The van der Waals surface area contributed by atoms with Crippen molar-refractivity contribution in [3.63, 3.8) is 0 Å². The van der Waals surface area contributed by atoms with Crippen LogP contribution in [0.5, 0.6) is 11.5 Å². The molecular formula is C20H30N4O4. The maximum atomic E-state index is 12.3. The second-order valence-corrected chi connectivity index (χ2v) is 7.75. The summed E-state index contributed by atoms with van der Waals surface area (Å²) in [6, 6.07) is 5.29. The van der Waals surface area contributed by atoms with Gasteiger partial charge in [0.05, 0.1) is 20.8 Å². The number of likely N-dealkylation sites (tertiary alicyclic amines) is 2. The highest BCUT2D eigenvalue weighted by Gasteiger charge is 2.42. The van der Waals surface area contributed by atoms with Crippen molar-refractivity contribution in [1.29, 1.82) is 0 Å². The summed E-state index contributed by atoms with van der Waals surface area (Å²) in [6.45, 7) is 4.20. The molecule has 1 aromatic rings. The lowest BCUT2D eigenvalue weighted by Gasteiger charge is -2.40. The average Bonchev–Trinajstić information content (AvgIpc) is 3.09. The molecule has 2 saturated heterocycles. The molecule has 1 atom stereocenters. The van der Waals surface area contributed by atoms with Crippen molar-refractivity contribution in [2.24, 2.45) is 11.1 Å². The highest BCUT2D eigenvalue weighted by Crippen LogP contribution is 2.40. The minimum atomic E-state index is -0.668. The molecule has 2 aliphatic heterocycles. The lowest BCUT2D eigenvalue weighted by atomic mass is 9.79. The number of benzene rings is 1. The predicted molar refractivity (Wildman–Crippen MR) is 105 cm³/mol. The Hall–Kier alpha value is -2.48. The van der Waals surface area contributed by atoms with Crippen LogP contribution in [0, 0.1) is 5.41 Å². The molecule has 3 amide bonds. The molecule has 0 bridgehead atoms. The quantitative estimate of drug-likeness (QED) is 0.760. The summed E-state index contributed by atoms with van der Waals surface area (Å²) in [7, 11) is 3.31. The van der Waals surface area contributed by atoms with E-state index in [0.29, 0.717) is 0 Å². The van der Waals surface area contributed by atoms with Gasteiger partial charge < -0.3 is 25.4 Å². The fraction of sp³-hybridized carbons (Fsp3) is 0.600. The van der Waals surface area contributed by atoms with Crippen molar-refractivity contribution in [1.82, 2.24) is 15.1 Å². The van der Waals surface area contributed by atoms with Crippen LogP contribution in [0.1, 0.15) is 24.8 Å². The normalized spacial score (nSPS) is 22.3. The number of nitrogens with two attached hydrogens (primary N) is 1. The molecule has 8 heteroatoms. The van der Waals surface area contributed by atoms with Gasteiger partial charge in [0.15, 0.2) is 11.5 Å². The summed E-state index contributed by atoms with van der Waals surface area (Å²) >= 11 is 0. The highest BCUT2D eigenvalue weighted by atomic mass is 16.5. The Balaban J connectivity index is 1.63. The molecule has 2 aliphatic rings. The van der Waals surface area contributed by atoms with Crippen LogP contribution in [-0.2, 0) is 11.3 Å². The number of nitrogens with one attached hydrogen (secondary N) is 1. The number of carbonyl (C=O) groups excluding carboxylic acids is 2. The van der Waals surface area contributed by atoms with E-state index in [0.717, 1.165) is 69.0 Å². The van der Waals surface area contributed by atoms with Crippen LogP contribution in [0.15, 0.2) is 18.2 Å². The molecule has 0 aliphatic carbocycles. The molecule has 2 fully saturated rings. The van der Waals surface area contributed by atoms with Crippen LogP contribution in [0.2, 0.25) is 0 Å². The topological polar surface area (TPSA) is 97.1 Å². The zero-order chi connectivity index (χ0) is 20.1. The van der Waals surface area contributed by atoms with Gasteiger partial charge in [-0.3, -0.25) is 9.69 Å². The van der Waals surface area contributed by atoms with E-state index in [-0.39, 0.29) is 17.9 Å². The molecular weight excluding hydrogens is 360 g/mol. The van der Waals surface area contributed by atoms with Gasteiger partial charge >= 0.3 is 6.03 Å². The first kappa shape index (κ1) is 20.3. The van der Waals surface area contributed by atoms with Crippen molar-refractivity contribution in [3.05, 3.63) is 23.8 Å². The van der Waals surface area contributed by atoms with Crippen LogP contribution in [0.25, 0.3) is 0 Å². The second kappa shape index (κ2) is 8.68. The molecule has 2 heterocycles. The maximum Gasteiger partial charge on any atom is 0.312 e. The van der Waals surface area contributed by atoms with Gasteiger partial charge in [-0.25, -0.2) is 4.79 Å². The first-order chi connectivity index (χ1) is 13.5. The summed E-state index contributed by atoms with van der Waals surface area (Å²) in [4.78, 5) is 27.5. The number of carbonyl (C=O) groups is 2. The number of rotatable bonds is 6. The molecule has 0 radical (unpaired) electrons.